The maximum atomic E-state index is 12.4. The second kappa shape index (κ2) is 10.6. The number of halogens is 1. The van der Waals surface area contributed by atoms with Gasteiger partial charge in [0.05, 0.1) is 18.7 Å². The zero-order chi connectivity index (χ0) is 18.8. The Kier molecular flexibility index (Phi) is 8.11. The lowest BCUT2D eigenvalue weighted by Crippen LogP contribution is -2.38. The fourth-order valence-electron chi connectivity index (χ4n) is 2.16. The zero-order valence-corrected chi connectivity index (χ0v) is 16.0. The number of benzene rings is 2. The Hall–Kier alpha value is -2.38. The van der Waals surface area contributed by atoms with Crippen LogP contribution in [0.5, 0.6) is 5.75 Å². The van der Waals surface area contributed by atoms with E-state index in [4.69, 9.17) is 9.47 Å². The second-order valence-corrected chi connectivity index (χ2v) is 6.26. The summed E-state index contributed by atoms with van der Waals surface area (Å²) in [5.41, 5.74) is 1.35. The molecule has 2 rings (SSSR count). The fraction of sp³-hybridized carbons (Fsp3) is 0.263. The number of amides is 2. The van der Waals surface area contributed by atoms with Gasteiger partial charge in [-0.15, -0.1) is 0 Å². The molecule has 2 aromatic carbocycles. The van der Waals surface area contributed by atoms with Crippen molar-refractivity contribution in [2.24, 2.45) is 0 Å². The minimum atomic E-state index is -0.366. The molecule has 0 atom stereocenters. The van der Waals surface area contributed by atoms with Crippen LogP contribution in [0.15, 0.2) is 53.0 Å². The van der Waals surface area contributed by atoms with Gasteiger partial charge in [0.25, 0.3) is 5.91 Å². The summed E-state index contributed by atoms with van der Waals surface area (Å²) >= 11 is 3.47. The molecule has 0 aromatic heterocycles. The highest BCUT2D eigenvalue weighted by Crippen LogP contribution is 2.22. The van der Waals surface area contributed by atoms with Crippen molar-refractivity contribution in [1.82, 2.24) is 10.6 Å². The number of rotatable bonds is 9. The number of para-hydroxylation sites is 1. The summed E-state index contributed by atoms with van der Waals surface area (Å²) < 4.78 is 11.6. The third kappa shape index (κ3) is 6.16. The minimum absolute atomic E-state index is 0.110. The Morgan fingerprint density at radius 1 is 1.04 bits per heavy atom. The van der Waals surface area contributed by atoms with E-state index in [1.165, 1.54) is 0 Å². The number of hydrogen-bond donors (Lipinski definition) is 2. The maximum absolute atomic E-state index is 12.4. The van der Waals surface area contributed by atoms with E-state index in [9.17, 15) is 9.59 Å². The van der Waals surface area contributed by atoms with E-state index < -0.39 is 0 Å². The van der Waals surface area contributed by atoms with Gasteiger partial charge in [-0.05, 0) is 18.2 Å². The van der Waals surface area contributed by atoms with E-state index in [-0.39, 0.29) is 18.4 Å². The second-order valence-electron chi connectivity index (χ2n) is 5.40. The molecular formula is C19H21BrN2O4. The van der Waals surface area contributed by atoms with Crippen LogP contribution in [0.4, 0.5) is 0 Å². The Morgan fingerprint density at radius 2 is 1.77 bits per heavy atom. The van der Waals surface area contributed by atoms with Crippen molar-refractivity contribution in [3.63, 3.8) is 0 Å². The van der Waals surface area contributed by atoms with Gasteiger partial charge in [0.2, 0.25) is 5.91 Å². The van der Waals surface area contributed by atoms with Crippen LogP contribution in [0, 0.1) is 0 Å². The quantitative estimate of drug-likeness (QED) is 0.611. The third-order valence-electron chi connectivity index (χ3n) is 3.51. The van der Waals surface area contributed by atoms with Crippen LogP contribution in [-0.2, 0) is 16.1 Å². The Balaban J connectivity index is 1.94. The molecule has 2 aromatic rings. The van der Waals surface area contributed by atoms with Gasteiger partial charge < -0.3 is 20.1 Å². The van der Waals surface area contributed by atoms with Crippen molar-refractivity contribution in [1.29, 1.82) is 0 Å². The smallest absolute Gasteiger partial charge is 0.255 e. The van der Waals surface area contributed by atoms with Gasteiger partial charge in [0, 0.05) is 23.7 Å². The molecule has 138 valence electrons. The van der Waals surface area contributed by atoms with Crippen molar-refractivity contribution < 1.29 is 19.1 Å². The van der Waals surface area contributed by atoms with Gasteiger partial charge in [0.1, 0.15) is 12.4 Å². The third-order valence-corrected chi connectivity index (χ3v) is 4.28. The van der Waals surface area contributed by atoms with Crippen LogP contribution in [0.3, 0.4) is 0 Å². The van der Waals surface area contributed by atoms with Crippen LogP contribution >= 0.6 is 15.9 Å². The highest BCUT2D eigenvalue weighted by molar-refractivity contribution is 9.10. The fourth-order valence-corrected chi connectivity index (χ4v) is 2.56. The Bertz CT molecular complexity index is 752. The molecule has 0 aliphatic heterocycles. The number of carbonyl (C=O) groups excluding carboxylic acids is 2. The topological polar surface area (TPSA) is 76.7 Å². The lowest BCUT2D eigenvalue weighted by atomic mass is 10.2. The molecule has 0 unspecified atom stereocenters. The van der Waals surface area contributed by atoms with Crippen molar-refractivity contribution in [2.45, 2.75) is 6.61 Å². The molecule has 0 fully saturated rings. The normalized spacial score (nSPS) is 10.2. The predicted octanol–water partition coefficient (Wildman–Crippen LogP) is 2.52. The minimum Gasteiger partial charge on any atom is -0.488 e. The summed E-state index contributed by atoms with van der Waals surface area (Å²) in [6.07, 6.45) is 0. The first-order valence-corrected chi connectivity index (χ1v) is 8.90. The molecular weight excluding hydrogens is 400 g/mol. The molecule has 0 aliphatic carbocycles. The van der Waals surface area contributed by atoms with Crippen molar-refractivity contribution in [2.75, 3.05) is 26.8 Å². The molecule has 0 aliphatic rings. The molecule has 7 heteroatoms. The Labute approximate surface area is 161 Å². The summed E-state index contributed by atoms with van der Waals surface area (Å²) in [7, 11) is 1.55. The molecule has 0 bridgehead atoms. The standard InChI is InChI=1S/C19H21BrN2O4/c1-25-11-10-21-18(23)12-22-19(24)15-7-3-5-9-17(15)26-13-14-6-2-4-8-16(14)20/h2-9H,10-13H2,1H3,(H,21,23)(H,22,24). The maximum Gasteiger partial charge on any atom is 0.255 e. The Morgan fingerprint density at radius 3 is 2.54 bits per heavy atom. The monoisotopic (exact) mass is 420 g/mol. The number of ether oxygens (including phenoxy) is 2. The molecule has 26 heavy (non-hydrogen) atoms. The van der Waals surface area contributed by atoms with Gasteiger partial charge in [-0.2, -0.15) is 0 Å². The number of methoxy groups -OCH3 is 1. The van der Waals surface area contributed by atoms with Gasteiger partial charge in [0.15, 0.2) is 0 Å². The van der Waals surface area contributed by atoms with Crippen LogP contribution in [0.1, 0.15) is 15.9 Å². The SMILES string of the molecule is COCCNC(=O)CNC(=O)c1ccccc1OCc1ccccc1Br. The molecule has 0 radical (unpaired) electrons. The van der Waals surface area contributed by atoms with E-state index in [1.807, 2.05) is 24.3 Å². The van der Waals surface area contributed by atoms with E-state index in [0.717, 1.165) is 10.0 Å². The van der Waals surface area contributed by atoms with Gasteiger partial charge in [-0.3, -0.25) is 9.59 Å². The summed E-state index contributed by atoms with van der Waals surface area (Å²) in [6.45, 7) is 1.03. The van der Waals surface area contributed by atoms with Gasteiger partial charge >= 0.3 is 0 Å². The van der Waals surface area contributed by atoms with Gasteiger partial charge in [-0.25, -0.2) is 0 Å². The molecule has 6 nitrogen and oxygen atoms in total. The van der Waals surface area contributed by atoms with Crippen LogP contribution in [-0.4, -0.2) is 38.6 Å². The predicted molar refractivity (Wildman–Crippen MR) is 102 cm³/mol. The van der Waals surface area contributed by atoms with Crippen LogP contribution in [0.2, 0.25) is 0 Å². The summed E-state index contributed by atoms with van der Waals surface area (Å²) in [6, 6.07) is 14.6. The largest absolute Gasteiger partial charge is 0.488 e. The first kappa shape index (κ1) is 19.9. The first-order chi connectivity index (χ1) is 12.6. The van der Waals surface area contributed by atoms with Crippen molar-refractivity contribution >= 4 is 27.7 Å². The number of hydrogen-bond acceptors (Lipinski definition) is 4. The molecule has 0 saturated heterocycles. The molecule has 0 saturated carbocycles. The zero-order valence-electron chi connectivity index (χ0n) is 14.5. The number of nitrogens with one attached hydrogen (secondary N) is 2. The number of carbonyl (C=O) groups is 2. The van der Waals surface area contributed by atoms with Gasteiger partial charge in [-0.1, -0.05) is 46.3 Å². The average molecular weight is 421 g/mol. The lowest BCUT2D eigenvalue weighted by Gasteiger charge is -2.12. The summed E-state index contributed by atoms with van der Waals surface area (Å²) in [5, 5.41) is 5.24. The summed E-state index contributed by atoms with van der Waals surface area (Å²) in [4.78, 5) is 24.0. The van der Waals surface area contributed by atoms with Crippen molar-refractivity contribution in [3.8, 4) is 5.75 Å². The highest BCUT2D eigenvalue weighted by atomic mass is 79.9. The molecule has 2 amide bonds. The van der Waals surface area contributed by atoms with E-state index in [2.05, 4.69) is 26.6 Å². The highest BCUT2D eigenvalue weighted by Gasteiger charge is 2.13. The molecule has 2 N–H and O–H groups in total. The van der Waals surface area contributed by atoms with E-state index in [0.29, 0.717) is 31.1 Å². The first-order valence-electron chi connectivity index (χ1n) is 8.11. The molecule has 0 spiro atoms. The summed E-state index contributed by atoms with van der Waals surface area (Å²) in [5.74, 6) is -0.183. The van der Waals surface area contributed by atoms with Crippen molar-refractivity contribution in [3.05, 3.63) is 64.1 Å². The van der Waals surface area contributed by atoms with E-state index in [1.54, 1.807) is 31.4 Å². The van der Waals surface area contributed by atoms with Crippen LogP contribution in [0.25, 0.3) is 0 Å². The average Bonchev–Trinajstić information content (AvgIpc) is 2.66. The lowest BCUT2D eigenvalue weighted by molar-refractivity contribution is -0.120. The van der Waals surface area contributed by atoms with Crippen LogP contribution < -0.4 is 15.4 Å². The van der Waals surface area contributed by atoms with E-state index >= 15 is 0 Å². The molecule has 0 heterocycles.